The number of nitro groups is 1. The molecule has 0 unspecified atom stereocenters. The number of fused-ring (bicyclic) bond motifs is 4. The summed E-state index contributed by atoms with van der Waals surface area (Å²) < 4.78 is 0.428. The number of aliphatic hydroxyl groups excluding tert-OH is 1. The number of hydrogen-bond acceptors (Lipinski definition) is 5. The lowest BCUT2D eigenvalue weighted by Gasteiger charge is -2.57. The number of benzene rings is 2. The summed E-state index contributed by atoms with van der Waals surface area (Å²) in [6.45, 7) is 5.64. The number of pyridine rings is 1. The lowest BCUT2D eigenvalue weighted by Crippen LogP contribution is -2.69. The Labute approximate surface area is 203 Å². The van der Waals surface area contributed by atoms with Crippen molar-refractivity contribution in [1.82, 2.24) is 4.98 Å². The van der Waals surface area contributed by atoms with Crippen LogP contribution in [0.25, 0.3) is 10.9 Å². The van der Waals surface area contributed by atoms with Crippen LogP contribution in [0, 0.1) is 22.0 Å². The van der Waals surface area contributed by atoms with Crippen molar-refractivity contribution in [2.45, 2.75) is 25.0 Å². The van der Waals surface area contributed by atoms with Crippen molar-refractivity contribution in [3.05, 3.63) is 89.1 Å². The number of carbonyl (C=O) groups is 1. The van der Waals surface area contributed by atoms with Gasteiger partial charge in [0.1, 0.15) is 17.8 Å². The number of nitro benzene ring substituents is 1. The Morgan fingerprint density at radius 1 is 1.26 bits per heavy atom. The van der Waals surface area contributed by atoms with E-state index in [4.69, 9.17) is 0 Å². The smallest absolute Gasteiger partial charge is 0.292 e. The van der Waals surface area contributed by atoms with Crippen molar-refractivity contribution in [3.8, 4) is 0 Å². The van der Waals surface area contributed by atoms with E-state index in [0.717, 1.165) is 35.9 Å². The molecule has 5 atom stereocenters. The third kappa shape index (κ3) is 4.19. The number of hydrogen-bond donors (Lipinski definition) is 2. The molecule has 1 amide bonds. The van der Waals surface area contributed by atoms with Crippen LogP contribution in [0.15, 0.2) is 73.4 Å². The van der Waals surface area contributed by atoms with Crippen LogP contribution in [0.3, 0.4) is 0 Å². The zero-order chi connectivity index (χ0) is 24.6. The number of aromatic nitrogens is 1. The molecule has 8 nitrogen and oxygen atoms in total. The standard InChI is InChI=1S/C27H28N4O4/c1-2-18-16-31(17-26(32)29-23-9-5-6-10-24(23)30(34)35)14-12-19(18)15-25(31)27(33)21-11-13-28-22-8-4-3-7-20(21)22/h2-11,13,18-19,25,27,33H,1,12,14-17H2/p+1/t18-,19-,25-,27+,31-/m0/s1. The Morgan fingerprint density at radius 2 is 2.03 bits per heavy atom. The normalized spacial score (nSPS) is 26.3. The number of nitrogens with zero attached hydrogens (tertiary/aromatic N) is 3. The Morgan fingerprint density at radius 3 is 2.83 bits per heavy atom. The maximum Gasteiger partial charge on any atom is 0.292 e. The monoisotopic (exact) mass is 473 g/mol. The molecule has 3 saturated heterocycles. The van der Waals surface area contributed by atoms with Gasteiger partial charge in [0.15, 0.2) is 6.54 Å². The maximum absolute atomic E-state index is 13.3. The van der Waals surface area contributed by atoms with E-state index in [-0.39, 0.29) is 35.8 Å². The van der Waals surface area contributed by atoms with Crippen LogP contribution in [-0.4, -0.2) is 51.1 Å². The number of piperidine rings is 3. The molecule has 2 aromatic carbocycles. The molecule has 3 aliphatic heterocycles. The fourth-order valence-electron chi connectivity index (χ4n) is 6.18. The van der Waals surface area contributed by atoms with Gasteiger partial charge in [-0.15, -0.1) is 6.58 Å². The first kappa shape index (κ1) is 23.1. The van der Waals surface area contributed by atoms with Gasteiger partial charge in [-0.3, -0.25) is 19.9 Å². The van der Waals surface area contributed by atoms with Gasteiger partial charge in [0, 0.05) is 36.4 Å². The maximum atomic E-state index is 13.3. The Kier molecular flexibility index (Phi) is 6.08. The number of anilines is 1. The zero-order valence-corrected chi connectivity index (χ0v) is 19.4. The van der Waals surface area contributed by atoms with Crippen LogP contribution in [0.4, 0.5) is 11.4 Å². The van der Waals surface area contributed by atoms with Gasteiger partial charge in [0.2, 0.25) is 0 Å². The van der Waals surface area contributed by atoms with E-state index >= 15 is 0 Å². The second kappa shape index (κ2) is 9.20. The van der Waals surface area contributed by atoms with Crippen molar-refractivity contribution in [3.63, 3.8) is 0 Å². The van der Waals surface area contributed by atoms with E-state index in [1.165, 1.54) is 6.07 Å². The second-order valence-electron chi connectivity index (χ2n) is 9.72. The fraction of sp³-hybridized carbons (Fsp3) is 0.333. The average molecular weight is 474 g/mol. The Bertz CT molecular complexity index is 1290. The van der Waals surface area contributed by atoms with Crippen molar-refractivity contribution < 1.29 is 19.3 Å². The number of amides is 1. The van der Waals surface area contributed by atoms with Crippen LogP contribution in [0.1, 0.15) is 24.5 Å². The highest BCUT2D eigenvalue weighted by Gasteiger charge is 2.54. The van der Waals surface area contributed by atoms with Gasteiger partial charge in [-0.05, 0) is 29.7 Å². The lowest BCUT2D eigenvalue weighted by molar-refractivity contribution is -0.966. The molecule has 3 aliphatic rings. The zero-order valence-electron chi connectivity index (χ0n) is 19.4. The molecule has 6 rings (SSSR count). The summed E-state index contributed by atoms with van der Waals surface area (Å²) in [5.41, 5.74) is 1.69. The third-order valence-corrected chi connectivity index (χ3v) is 7.87. The Hall–Kier alpha value is -3.62. The molecule has 3 aromatic rings. The number of quaternary nitrogens is 1. The van der Waals surface area contributed by atoms with E-state index < -0.39 is 11.0 Å². The highest BCUT2D eigenvalue weighted by atomic mass is 16.6. The van der Waals surface area contributed by atoms with Gasteiger partial charge in [-0.1, -0.05) is 36.4 Å². The van der Waals surface area contributed by atoms with E-state index in [0.29, 0.717) is 16.9 Å². The van der Waals surface area contributed by atoms with Crippen molar-refractivity contribution >= 4 is 28.2 Å². The van der Waals surface area contributed by atoms with Crippen LogP contribution < -0.4 is 5.32 Å². The molecular weight excluding hydrogens is 444 g/mol. The van der Waals surface area contributed by atoms with Crippen LogP contribution >= 0.6 is 0 Å². The first-order chi connectivity index (χ1) is 16.9. The van der Waals surface area contributed by atoms with Crippen LogP contribution in [0.5, 0.6) is 0 Å². The summed E-state index contributed by atoms with van der Waals surface area (Å²) in [6.07, 6.45) is 4.66. The highest BCUT2D eigenvalue weighted by molar-refractivity contribution is 5.93. The van der Waals surface area contributed by atoms with Gasteiger partial charge in [-0.25, -0.2) is 0 Å². The largest absolute Gasteiger partial charge is 0.382 e. The van der Waals surface area contributed by atoms with Crippen LogP contribution in [-0.2, 0) is 4.79 Å². The molecule has 1 aromatic heterocycles. The average Bonchev–Trinajstić information content (AvgIpc) is 2.88. The van der Waals surface area contributed by atoms with E-state index in [2.05, 4.69) is 16.9 Å². The van der Waals surface area contributed by atoms with Gasteiger partial charge in [0.05, 0.1) is 23.5 Å². The van der Waals surface area contributed by atoms with Gasteiger partial charge >= 0.3 is 0 Å². The van der Waals surface area contributed by atoms with Crippen LogP contribution in [0.2, 0.25) is 0 Å². The molecular formula is C27H29N4O4+. The van der Waals surface area contributed by atoms with Crippen molar-refractivity contribution in [1.29, 1.82) is 0 Å². The molecule has 3 fully saturated rings. The SMILES string of the molecule is C=C[C@H]1C[N@+]2(CC(=O)Nc3ccccc3[N+](=O)[O-])CC[C@H]1C[C@H]2[C@H](O)c1ccnc2ccccc12. The predicted octanol–water partition coefficient (Wildman–Crippen LogP) is 4.23. The number of rotatable bonds is 7. The van der Waals surface area contributed by atoms with E-state index in [9.17, 15) is 20.0 Å². The van der Waals surface area contributed by atoms with Gasteiger partial charge in [0.25, 0.3) is 11.6 Å². The van der Waals surface area contributed by atoms with E-state index in [1.54, 1.807) is 24.4 Å². The summed E-state index contributed by atoms with van der Waals surface area (Å²) in [4.78, 5) is 28.6. The molecule has 0 saturated carbocycles. The number of aliphatic hydroxyl groups is 1. The molecule has 0 spiro atoms. The molecule has 0 radical (unpaired) electrons. The molecule has 8 heteroatoms. The molecule has 35 heavy (non-hydrogen) atoms. The first-order valence-electron chi connectivity index (χ1n) is 11.9. The first-order valence-corrected chi connectivity index (χ1v) is 11.9. The summed E-state index contributed by atoms with van der Waals surface area (Å²) in [5.74, 6) is 0.387. The summed E-state index contributed by atoms with van der Waals surface area (Å²) in [5, 5.41) is 26.8. The fourth-order valence-corrected chi connectivity index (χ4v) is 6.18. The second-order valence-corrected chi connectivity index (χ2v) is 9.72. The van der Waals surface area contributed by atoms with Crippen molar-refractivity contribution in [2.24, 2.45) is 11.8 Å². The number of carbonyl (C=O) groups excluding carboxylic acids is 1. The molecule has 4 heterocycles. The van der Waals surface area contributed by atoms with E-state index in [1.807, 2.05) is 36.4 Å². The highest BCUT2D eigenvalue weighted by Crippen LogP contribution is 2.47. The molecule has 0 aliphatic carbocycles. The minimum absolute atomic E-state index is 0.133. The molecule has 2 N–H and O–H groups in total. The number of para-hydroxylation sites is 3. The third-order valence-electron chi connectivity index (χ3n) is 7.87. The van der Waals surface area contributed by atoms with Gasteiger partial charge < -0.3 is 14.9 Å². The predicted molar refractivity (Wildman–Crippen MR) is 133 cm³/mol. The Balaban J connectivity index is 1.47. The molecule has 180 valence electrons. The summed E-state index contributed by atoms with van der Waals surface area (Å²) in [6, 6.07) is 15.6. The summed E-state index contributed by atoms with van der Waals surface area (Å²) >= 11 is 0. The van der Waals surface area contributed by atoms with Crippen molar-refractivity contribution in [2.75, 3.05) is 25.0 Å². The summed E-state index contributed by atoms with van der Waals surface area (Å²) in [7, 11) is 0. The number of nitrogens with one attached hydrogen (secondary N) is 1. The topological polar surface area (TPSA) is 105 Å². The quantitative estimate of drug-likeness (QED) is 0.231. The minimum atomic E-state index is -0.768. The lowest BCUT2D eigenvalue weighted by atomic mass is 9.71. The van der Waals surface area contributed by atoms with Gasteiger partial charge in [-0.2, -0.15) is 0 Å². The molecule has 2 bridgehead atoms. The minimum Gasteiger partial charge on any atom is -0.382 e.